The summed E-state index contributed by atoms with van der Waals surface area (Å²) >= 11 is 4.81. The molecule has 2 rings (SSSR count). The van der Waals surface area contributed by atoms with E-state index < -0.39 is 0 Å². The second-order valence-corrected chi connectivity index (χ2v) is 8.12. The summed E-state index contributed by atoms with van der Waals surface area (Å²) in [4.78, 5) is 32.3. The van der Waals surface area contributed by atoms with E-state index in [9.17, 15) is 9.59 Å². The number of hydrogen-bond donors (Lipinski definition) is 1. The van der Waals surface area contributed by atoms with Gasteiger partial charge in [-0.05, 0) is 45.4 Å². The SMILES string of the molecule is CCOCCCN(CC(=O)Nc1nc(C)c(C)s1)C(=O)c1cccc(Br)c1. The van der Waals surface area contributed by atoms with Crippen LogP contribution in [0.5, 0.6) is 0 Å². The highest BCUT2D eigenvalue weighted by molar-refractivity contribution is 9.10. The molecule has 0 atom stereocenters. The van der Waals surface area contributed by atoms with Crippen LogP contribution in [0.15, 0.2) is 28.7 Å². The molecule has 1 heterocycles. The van der Waals surface area contributed by atoms with E-state index >= 15 is 0 Å². The highest BCUT2D eigenvalue weighted by atomic mass is 79.9. The van der Waals surface area contributed by atoms with Crippen molar-refractivity contribution < 1.29 is 14.3 Å². The van der Waals surface area contributed by atoms with Gasteiger partial charge in [-0.25, -0.2) is 4.98 Å². The van der Waals surface area contributed by atoms with Gasteiger partial charge in [0, 0.05) is 34.7 Å². The molecule has 1 aromatic heterocycles. The van der Waals surface area contributed by atoms with Crippen LogP contribution in [0.2, 0.25) is 0 Å². The topological polar surface area (TPSA) is 71.5 Å². The first kappa shape index (κ1) is 21.5. The normalized spacial score (nSPS) is 10.7. The molecular formula is C19H24BrN3O3S. The molecule has 0 aliphatic heterocycles. The van der Waals surface area contributed by atoms with Crippen LogP contribution in [0.4, 0.5) is 5.13 Å². The van der Waals surface area contributed by atoms with Gasteiger partial charge in [-0.1, -0.05) is 22.0 Å². The van der Waals surface area contributed by atoms with Crippen molar-refractivity contribution in [2.45, 2.75) is 27.2 Å². The first-order valence-electron chi connectivity index (χ1n) is 8.77. The minimum Gasteiger partial charge on any atom is -0.382 e. The highest BCUT2D eigenvalue weighted by Gasteiger charge is 2.20. The molecule has 0 aliphatic rings. The molecule has 6 nitrogen and oxygen atoms in total. The number of hydrogen-bond acceptors (Lipinski definition) is 5. The third kappa shape index (κ3) is 6.71. The van der Waals surface area contributed by atoms with Crippen molar-refractivity contribution in [1.29, 1.82) is 0 Å². The van der Waals surface area contributed by atoms with Gasteiger partial charge >= 0.3 is 0 Å². The second-order valence-electron chi connectivity index (χ2n) is 6.00. The quantitative estimate of drug-likeness (QED) is 0.581. The first-order valence-corrected chi connectivity index (χ1v) is 10.4. The summed E-state index contributed by atoms with van der Waals surface area (Å²) in [7, 11) is 0. The number of rotatable bonds is 9. The third-order valence-electron chi connectivity index (χ3n) is 3.89. The van der Waals surface area contributed by atoms with Gasteiger partial charge in [-0.3, -0.25) is 9.59 Å². The molecule has 0 aliphatic carbocycles. The van der Waals surface area contributed by atoms with Crippen LogP contribution in [-0.2, 0) is 9.53 Å². The minimum absolute atomic E-state index is 0.0326. The van der Waals surface area contributed by atoms with Gasteiger partial charge in [0.1, 0.15) is 6.54 Å². The van der Waals surface area contributed by atoms with Crippen LogP contribution in [0.3, 0.4) is 0 Å². The monoisotopic (exact) mass is 453 g/mol. The Balaban J connectivity index is 2.06. The van der Waals surface area contributed by atoms with Crippen LogP contribution in [0, 0.1) is 13.8 Å². The molecule has 0 fully saturated rings. The van der Waals surface area contributed by atoms with E-state index in [0.29, 0.717) is 36.9 Å². The number of anilines is 1. The number of nitrogens with zero attached hydrogens (tertiary/aromatic N) is 2. The summed E-state index contributed by atoms with van der Waals surface area (Å²) in [5.41, 5.74) is 1.43. The van der Waals surface area contributed by atoms with Crippen LogP contribution in [0.1, 0.15) is 34.3 Å². The fourth-order valence-electron chi connectivity index (χ4n) is 2.42. The molecule has 27 heavy (non-hydrogen) atoms. The maximum Gasteiger partial charge on any atom is 0.254 e. The molecule has 1 aromatic carbocycles. The maximum absolute atomic E-state index is 12.9. The summed E-state index contributed by atoms with van der Waals surface area (Å²) in [5, 5.41) is 3.34. The maximum atomic E-state index is 12.9. The minimum atomic E-state index is -0.261. The molecule has 8 heteroatoms. The lowest BCUT2D eigenvalue weighted by atomic mass is 10.2. The number of carbonyl (C=O) groups is 2. The third-order valence-corrected chi connectivity index (χ3v) is 5.37. The molecule has 0 radical (unpaired) electrons. The fraction of sp³-hybridized carbons (Fsp3) is 0.421. The Morgan fingerprint density at radius 3 is 2.74 bits per heavy atom. The van der Waals surface area contributed by atoms with Gasteiger partial charge in [0.05, 0.1) is 5.69 Å². The number of aryl methyl sites for hydroxylation is 2. The molecule has 0 saturated carbocycles. The van der Waals surface area contributed by atoms with Crippen LogP contribution >= 0.6 is 27.3 Å². The number of benzene rings is 1. The summed E-state index contributed by atoms with van der Waals surface area (Å²) in [6.45, 7) is 7.37. The molecular weight excluding hydrogens is 430 g/mol. The Kier molecular flexibility index (Phi) is 8.40. The number of thiazole rings is 1. The Bertz CT molecular complexity index is 775. The van der Waals surface area contributed by atoms with Gasteiger partial charge in [0.2, 0.25) is 5.91 Å². The molecule has 1 N–H and O–H groups in total. The van der Waals surface area contributed by atoms with E-state index in [-0.39, 0.29) is 18.4 Å². The zero-order valence-corrected chi connectivity index (χ0v) is 18.2. The molecule has 0 unspecified atom stereocenters. The Hall–Kier alpha value is -1.77. The van der Waals surface area contributed by atoms with Gasteiger partial charge < -0.3 is 15.0 Å². The van der Waals surface area contributed by atoms with Gasteiger partial charge in [0.15, 0.2) is 5.13 Å². The fourth-order valence-corrected chi connectivity index (χ4v) is 3.65. The molecule has 2 amide bonds. The van der Waals surface area contributed by atoms with Crippen molar-refractivity contribution in [3.8, 4) is 0 Å². The molecule has 2 aromatic rings. The van der Waals surface area contributed by atoms with Gasteiger partial charge in [-0.2, -0.15) is 0 Å². The van der Waals surface area contributed by atoms with Crippen LogP contribution in [-0.4, -0.2) is 48.0 Å². The average Bonchev–Trinajstić information content (AvgIpc) is 2.94. The predicted octanol–water partition coefficient (Wildman–Crippen LogP) is 4.03. The van der Waals surface area contributed by atoms with E-state index in [4.69, 9.17) is 4.74 Å². The lowest BCUT2D eigenvalue weighted by Crippen LogP contribution is -2.39. The number of aromatic nitrogens is 1. The van der Waals surface area contributed by atoms with Crippen molar-refractivity contribution in [2.75, 3.05) is 31.6 Å². The smallest absolute Gasteiger partial charge is 0.254 e. The lowest BCUT2D eigenvalue weighted by Gasteiger charge is -2.22. The zero-order valence-electron chi connectivity index (χ0n) is 15.8. The Morgan fingerprint density at radius 1 is 1.33 bits per heavy atom. The lowest BCUT2D eigenvalue weighted by molar-refractivity contribution is -0.116. The summed E-state index contributed by atoms with van der Waals surface area (Å²) in [6.07, 6.45) is 0.663. The van der Waals surface area contributed by atoms with Crippen molar-refractivity contribution >= 4 is 44.2 Å². The predicted molar refractivity (Wildman–Crippen MR) is 111 cm³/mol. The Morgan fingerprint density at radius 2 is 2.11 bits per heavy atom. The van der Waals surface area contributed by atoms with E-state index in [2.05, 4.69) is 26.2 Å². The average molecular weight is 454 g/mol. The molecule has 0 saturated heterocycles. The van der Waals surface area contributed by atoms with Crippen molar-refractivity contribution in [1.82, 2.24) is 9.88 Å². The number of carbonyl (C=O) groups excluding carboxylic acids is 2. The number of nitrogens with one attached hydrogen (secondary N) is 1. The number of halogens is 1. The number of amides is 2. The van der Waals surface area contributed by atoms with Gasteiger partial charge in [0.25, 0.3) is 5.91 Å². The van der Waals surface area contributed by atoms with E-state index in [1.54, 1.807) is 23.1 Å². The summed E-state index contributed by atoms with van der Waals surface area (Å²) < 4.78 is 6.17. The largest absolute Gasteiger partial charge is 0.382 e. The highest BCUT2D eigenvalue weighted by Crippen LogP contribution is 2.21. The molecule has 0 spiro atoms. The Labute approximate surface area is 172 Å². The van der Waals surface area contributed by atoms with E-state index in [1.807, 2.05) is 26.8 Å². The van der Waals surface area contributed by atoms with E-state index in [0.717, 1.165) is 15.0 Å². The summed E-state index contributed by atoms with van der Waals surface area (Å²) in [6, 6.07) is 7.16. The standard InChI is InChI=1S/C19H24BrN3O3S/c1-4-26-10-6-9-23(18(25)15-7-5-8-16(20)11-15)12-17(24)22-19-21-13(2)14(3)27-19/h5,7-8,11H,4,6,9-10,12H2,1-3H3,(H,21,22,24). The van der Waals surface area contributed by atoms with Crippen molar-refractivity contribution in [2.24, 2.45) is 0 Å². The second kappa shape index (κ2) is 10.5. The van der Waals surface area contributed by atoms with Crippen LogP contribution < -0.4 is 5.32 Å². The van der Waals surface area contributed by atoms with E-state index in [1.165, 1.54) is 11.3 Å². The molecule has 146 valence electrons. The van der Waals surface area contributed by atoms with Crippen molar-refractivity contribution in [3.63, 3.8) is 0 Å². The molecule has 0 bridgehead atoms. The summed E-state index contributed by atoms with van der Waals surface area (Å²) in [5.74, 6) is -0.446. The van der Waals surface area contributed by atoms with Crippen molar-refractivity contribution in [3.05, 3.63) is 44.9 Å². The zero-order chi connectivity index (χ0) is 19.8. The first-order chi connectivity index (χ1) is 12.9. The number of ether oxygens (including phenoxy) is 1. The van der Waals surface area contributed by atoms with Gasteiger partial charge in [-0.15, -0.1) is 11.3 Å². The van der Waals surface area contributed by atoms with Crippen LogP contribution in [0.25, 0.3) is 0 Å².